The SMILES string of the molecule is CCC(=CCN1CCSC(C)(C)CC1)C(=O)O. The first kappa shape index (κ1) is 14.6. The third-order valence-electron chi connectivity index (χ3n) is 3.18. The van der Waals surface area contributed by atoms with Gasteiger partial charge in [-0.3, -0.25) is 4.90 Å². The molecule has 0 atom stereocenters. The third-order valence-corrected chi connectivity index (χ3v) is 4.55. The summed E-state index contributed by atoms with van der Waals surface area (Å²) in [7, 11) is 0. The van der Waals surface area contributed by atoms with Gasteiger partial charge in [0.25, 0.3) is 0 Å². The van der Waals surface area contributed by atoms with E-state index in [1.165, 1.54) is 6.42 Å². The first-order valence-electron chi connectivity index (χ1n) is 6.23. The van der Waals surface area contributed by atoms with Gasteiger partial charge in [-0.15, -0.1) is 0 Å². The van der Waals surface area contributed by atoms with Crippen molar-refractivity contribution in [1.82, 2.24) is 4.90 Å². The van der Waals surface area contributed by atoms with Crippen molar-refractivity contribution in [1.29, 1.82) is 0 Å². The topological polar surface area (TPSA) is 40.5 Å². The molecule has 17 heavy (non-hydrogen) atoms. The van der Waals surface area contributed by atoms with Gasteiger partial charge in [0, 0.05) is 29.2 Å². The molecule has 1 N–H and O–H groups in total. The highest BCUT2D eigenvalue weighted by molar-refractivity contribution is 8.00. The Morgan fingerprint density at radius 2 is 2.18 bits per heavy atom. The van der Waals surface area contributed by atoms with Gasteiger partial charge >= 0.3 is 5.97 Å². The average molecular weight is 257 g/mol. The second kappa shape index (κ2) is 6.45. The molecule has 1 aliphatic rings. The van der Waals surface area contributed by atoms with Crippen LogP contribution in [0.15, 0.2) is 11.6 Å². The van der Waals surface area contributed by atoms with E-state index in [9.17, 15) is 4.79 Å². The van der Waals surface area contributed by atoms with Crippen LogP contribution < -0.4 is 0 Å². The van der Waals surface area contributed by atoms with Gasteiger partial charge in [0.15, 0.2) is 0 Å². The Labute approximate surface area is 108 Å². The van der Waals surface area contributed by atoms with Crippen LogP contribution in [0.4, 0.5) is 0 Å². The molecule has 0 aromatic rings. The lowest BCUT2D eigenvalue weighted by Crippen LogP contribution is -2.27. The van der Waals surface area contributed by atoms with E-state index in [0.29, 0.717) is 16.7 Å². The number of carboxylic acid groups (broad SMARTS) is 1. The Bertz CT molecular complexity index is 300. The number of hydrogen-bond donors (Lipinski definition) is 1. The Morgan fingerprint density at radius 1 is 1.47 bits per heavy atom. The summed E-state index contributed by atoms with van der Waals surface area (Å²) in [5.41, 5.74) is 0.529. The highest BCUT2D eigenvalue weighted by atomic mass is 32.2. The van der Waals surface area contributed by atoms with Crippen LogP contribution in [0, 0.1) is 0 Å². The molecule has 0 bridgehead atoms. The zero-order valence-electron chi connectivity index (χ0n) is 11.0. The second-order valence-electron chi connectivity index (χ2n) is 5.05. The lowest BCUT2D eigenvalue weighted by atomic mass is 10.1. The van der Waals surface area contributed by atoms with Gasteiger partial charge < -0.3 is 5.11 Å². The summed E-state index contributed by atoms with van der Waals surface area (Å²) >= 11 is 2.01. The molecule has 0 aliphatic carbocycles. The Balaban J connectivity index is 2.50. The molecule has 0 unspecified atom stereocenters. The first-order chi connectivity index (χ1) is 7.94. The van der Waals surface area contributed by atoms with Gasteiger partial charge in [0.05, 0.1) is 0 Å². The summed E-state index contributed by atoms with van der Waals surface area (Å²) < 4.78 is 0.360. The van der Waals surface area contributed by atoms with Crippen molar-refractivity contribution in [2.75, 3.05) is 25.4 Å². The Morgan fingerprint density at radius 3 is 2.76 bits per heavy atom. The molecule has 0 saturated carbocycles. The highest BCUT2D eigenvalue weighted by Gasteiger charge is 2.23. The van der Waals surface area contributed by atoms with Crippen molar-refractivity contribution in [2.45, 2.75) is 38.4 Å². The molecule has 0 aromatic carbocycles. The van der Waals surface area contributed by atoms with E-state index in [4.69, 9.17) is 5.11 Å². The smallest absolute Gasteiger partial charge is 0.331 e. The van der Waals surface area contributed by atoms with E-state index in [1.807, 2.05) is 24.8 Å². The van der Waals surface area contributed by atoms with E-state index in [1.54, 1.807) is 0 Å². The number of carbonyl (C=O) groups is 1. The predicted octanol–water partition coefficient (Wildman–Crippen LogP) is 2.62. The number of carboxylic acids is 1. The van der Waals surface area contributed by atoms with Crippen molar-refractivity contribution < 1.29 is 9.90 Å². The number of aliphatic carboxylic acids is 1. The molecular formula is C13H23NO2S. The minimum atomic E-state index is -0.781. The van der Waals surface area contributed by atoms with Crippen LogP contribution in [0.3, 0.4) is 0 Å². The second-order valence-corrected chi connectivity index (χ2v) is 6.85. The van der Waals surface area contributed by atoms with Crippen LogP contribution in [0.25, 0.3) is 0 Å². The number of hydrogen-bond acceptors (Lipinski definition) is 3. The quantitative estimate of drug-likeness (QED) is 0.786. The van der Waals surface area contributed by atoms with Crippen LogP contribution in [0.2, 0.25) is 0 Å². The van der Waals surface area contributed by atoms with Crippen LogP contribution in [-0.2, 0) is 4.79 Å². The summed E-state index contributed by atoms with van der Waals surface area (Å²) in [6.07, 6.45) is 3.63. The molecule has 1 saturated heterocycles. The maximum atomic E-state index is 10.9. The summed E-state index contributed by atoms with van der Waals surface area (Å²) in [5, 5.41) is 8.95. The van der Waals surface area contributed by atoms with Crippen molar-refractivity contribution in [3.8, 4) is 0 Å². The van der Waals surface area contributed by atoms with Gasteiger partial charge in [0.2, 0.25) is 0 Å². The summed E-state index contributed by atoms with van der Waals surface area (Å²) in [5.74, 6) is 0.354. The molecule has 0 amide bonds. The lowest BCUT2D eigenvalue weighted by molar-refractivity contribution is -0.132. The first-order valence-corrected chi connectivity index (χ1v) is 7.22. The molecule has 3 nitrogen and oxygen atoms in total. The molecule has 1 aliphatic heterocycles. The maximum absolute atomic E-state index is 10.9. The minimum absolute atomic E-state index is 0.360. The lowest BCUT2D eigenvalue weighted by Gasteiger charge is -2.21. The van der Waals surface area contributed by atoms with Crippen LogP contribution >= 0.6 is 11.8 Å². The largest absolute Gasteiger partial charge is 0.478 e. The van der Waals surface area contributed by atoms with E-state index in [2.05, 4.69) is 18.7 Å². The summed E-state index contributed by atoms with van der Waals surface area (Å²) in [4.78, 5) is 13.2. The van der Waals surface area contributed by atoms with Crippen LogP contribution in [-0.4, -0.2) is 46.1 Å². The van der Waals surface area contributed by atoms with Gasteiger partial charge in [-0.1, -0.05) is 26.8 Å². The molecule has 4 heteroatoms. The van der Waals surface area contributed by atoms with Crippen molar-refractivity contribution in [2.24, 2.45) is 0 Å². The molecule has 1 fully saturated rings. The molecule has 1 heterocycles. The van der Waals surface area contributed by atoms with Crippen LogP contribution in [0.1, 0.15) is 33.6 Å². The summed E-state index contributed by atoms with van der Waals surface area (Å²) in [6, 6.07) is 0. The number of thioether (sulfide) groups is 1. The van der Waals surface area contributed by atoms with Gasteiger partial charge in [-0.05, 0) is 19.4 Å². The zero-order chi connectivity index (χ0) is 12.9. The molecule has 1 rings (SSSR count). The fraction of sp³-hybridized carbons (Fsp3) is 0.769. The van der Waals surface area contributed by atoms with Crippen molar-refractivity contribution in [3.05, 3.63) is 11.6 Å². The number of nitrogens with zero attached hydrogens (tertiary/aromatic N) is 1. The minimum Gasteiger partial charge on any atom is -0.478 e. The van der Waals surface area contributed by atoms with Crippen LogP contribution in [0.5, 0.6) is 0 Å². The van der Waals surface area contributed by atoms with Gasteiger partial charge in [-0.2, -0.15) is 11.8 Å². The average Bonchev–Trinajstić information content (AvgIpc) is 2.40. The Hall–Kier alpha value is -0.480. The van der Waals surface area contributed by atoms with Crippen molar-refractivity contribution >= 4 is 17.7 Å². The van der Waals surface area contributed by atoms with Gasteiger partial charge in [-0.25, -0.2) is 4.79 Å². The molecular weight excluding hydrogens is 234 g/mol. The van der Waals surface area contributed by atoms with E-state index in [-0.39, 0.29) is 0 Å². The van der Waals surface area contributed by atoms with E-state index < -0.39 is 5.97 Å². The molecule has 0 aromatic heterocycles. The zero-order valence-corrected chi connectivity index (χ0v) is 11.8. The monoisotopic (exact) mass is 257 g/mol. The fourth-order valence-electron chi connectivity index (χ4n) is 1.87. The Kier molecular flexibility index (Phi) is 5.53. The predicted molar refractivity (Wildman–Crippen MR) is 73.6 cm³/mol. The molecule has 0 spiro atoms. The molecule has 98 valence electrons. The normalized spacial score (nSPS) is 22.2. The summed E-state index contributed by atoms with van der Waals surface area (Å²) in [6.45, 7) is 9.35. The fourth-order valence-corrected chi connectivity index (χ4v) is 3.00. The number of rotatable bonds is 4. The van der Waals surface area contributed by atoms with E-state index in [0.717, 1.165) is 25.4 Å². The van der Waals surface area contributed by atoms with E-state index >= 15 is 0 Å². The molecule has 0 radical (unpaired) electrons. The van der Waals surface area contributed by atoms with Crippen molar-refractivity contribution in [3.63, 3.8) is 0 Å². The standard InChI is InChI=1S/C13H23NO2S/c1-4-11(12(15)16)5-7-14-8-6-13(2,3)17-10-9-14/h5H,4,6-10H2,1-3H3,(H,15,16). The maximum Gasteiger partial charge on any atom is 0.331 e. The third kappa shape index (κ3) is 5.13. The van der Waals surface area contributed by atoms with Gasteiger partial charge in [0.1, 0.15) is 0 Å². The highest BCUT2D eigenvalue weighted by Crippen LogP contribution is 2.30.